The van der Waals surface area contributed by atoms with Crippen LogP contribution in [-0.4, -0.2) is 41.8 Å². The lowest BCUT2D eigenvalue weighted by Crippen LogP contribution is -2.27. The van der Waals surface area contributed by atoms with E-state index in [0.29, 0.717) is 24.5 Å². The smallest absolute Gasteiger partial charge is 0.321 e. The van der Waals surface area contributed by atoms with Gasteiger partial charge >= 0.3 is 6.03 Å². The van der Waals surface area contributed by atoms with Gasteiger partial charge in [-0.15, -0.1) is 0 Å². The molecule has 0 atom stereocenters. The van der Waals surface area contributed by atoms with Gasteiger partial charge in [-0.25, -0.2) is 4.79 Å². The van der Waals surface area contributed by atoms with E-state index in [2.05, 4.69) is 32.7 Å². The first-order chi connectivity index (χ1) is 14.2. The minimum Gasteiger partial charge on any atom is -0.340 e. The van der Waals surface area contributed by atoms with Crippen LogP contribution in [0.3, 0.4) is 0 Å². The molecule has 0 unspecified atom stereocenters. The second-order valence-electron chi connectivity index (χ2n) is 6.45. The lowest BCUT2D eigenvalue weighted by atomic mass is 10.1. The van der Waals surface area contributed by atoms with Gasteiger partial charge in [-0.3, -0.25) is 14.8 Å². The van der Waals surface area contributed by atoms with Crippen molar-refractivity contribution in [2.24, 2.45) is 0 Å². The highest BCUT2D eigenvalue weighted by atomic mass is 16.2. The van der Waals surface area contributed by atoms with Gasteiger partial charge in [0, 0.05) is 29.9 Å². The van der Waals surface area contributed by atoms with Gasteiger partial charge < -0.3 is 10.6 Å². The topological polar surface area (TPSA) is 90.1 Å². The van der Waals surface area contributed by atoms with Crippen LogP contribution in [0.1, 0.15) is 16.1 Å². The Morgan fingerprint density at radius 3 is 2.66 bits per heavy atom. The summed E-state index contributed by atoms with van der Waals surface area (Å²) >= 11 is 0. The summed E-state index contributed by atoms with van der Waals surface area (Å²) < 4.78 is 0. The number of carbonyl (C=O) groups is 2. The van der Waals surface area contributed by atoms with Gasteiger partial charge in [0.25, 0.3) is 5.91 Å². The van der Waals surface area contributed by atoms with E-state index in [0.717, 1.165) is 16.8 Å². The molecule has 1 aliphatic heterocycles. The van der Waals surface area contributed by atoms with Gasteiger partial charge in [-0.1, -0.05) is 42.2 Å². The Labute approximate surface area is 168 Å². The molecular formula is C22H19N5O2. The summed E-state index contributed by atoms with van der Waals surface area (Å²) in [5, 5.41) is 12.4. The number of amides is 3. The number of hydrogen-bond donors (Lipinski definition) is 3. The first-order valence-corrected chi connectivity index (χ1v) is 9.24. The maximum Gasteiger partial charge on any atom is 0.321 e. The SMILES string of the molecule is O=C(NCC#Cc1ccc(N2CCNC2=O)cc1)c1cc(-c2ccccc2)n[nH]1. The highest BCUT2D eigenvalue weighted by molar-refractivity contribution is 5.94. The molecule has 29 heavy (non-hydrogen) atoms. The Morgan fingerprint density at radius 1 is 1.14 bits per heavy atom. The number of aromatic amines is 1. The molecule has 3 aromatic rings. The maximum absolute atomic E-state index is 12.2. The normalized spacial score (nSPS) is 12.8. The fourth-order valence-electron chi connectivity index (χ4n) is 3.00. The summed E-state index contributed by atoms with van der Waals surface area (Å²) in [4.78, 5) is 25.6. The van der Waals surface area contributed by atoms with Gasteiger partial charge in [0.2, 0.25) is 0 Å². The van der Waals surface area contributed by atoms with Crippen LogP contribution in [0.25, 0.3) is 11.3 Å². The number of hydrogen-bond acceptors (Lipinski definition) is 3. The Bertz CT molecular complexity index is 1080. The largest absolute Gasteiger partial charge is 0.340 e. The fourth-order valence-corrected chi connectivity index (χ4v) is 3.00. The lowest BCUT2D eigenvalue weighted by Gasteiger charge is -2.13. The zero-order chi connectivity index (χ0) is 20.1. The number of nitrogens with one attached hydrogen (secondary N) is 3. The number of benzene rings is 2. The molecule has 7 heteroatoms. The predicted octanol–water partition coefficient (Wildman–Crippen LogP) is 2.39. The molecule has 0 bridgehead atoms. The molecule has 0 radical (unpaired) electrons. The van der Waals surface area contributed by atoms with E-state index >= 15 is 0 Å². The van der Waals surface area contributed by atoms with E-state index in [9.17, 15) is 9.59 Å². The van der Waals surface area contributed by atoms with Gasteiger partial charge in [-0.2, -0.15) is 5.10 Å². The summed E-state index contributed by atoms with van der Waals surface area (Å²) in [6.07, 6.45) is 0. The number of aromatic nitrogens is 2. The maximum atomic E-state index is 12.2. The van der Waals surface area contributed by atoms with E-state index in [-0.39, 0.29) is 18.5 Å². The molecular weight excluding hydrogens is 366 g/mol. The minimum absolute atomic E-state index is 0.0826. The highest BCUT2D eigenvalue weighted by Gasteiger charge is 2.20. The molecule has 7 nitrogen and oxygen atoms in total. The summed E-state index contributed by atoms with van der Waals surface area (Å²) in [7, 11) is 0. The molecule has 2 aromatic carbocycles. The van der Waals surface area contributed by atoms with Crippen molar-refractivity contribution in [3.63, 3.8) is 0 Å². The second kappa shape index (κ2) is 8.31. The summed E-state index contributed by atoms with van der Waals surface area (Å²) in [5.41, 5.74) is 3.70. The van der Waals surface area contributed by atoms with Crippen LogP contribution in [0, 0.1) is 11.8 Å². The molecule has 1 aliphatic rings. The highest BCUT2D eigenvalue weighted by Crippen LogP contribution is 2.17. The Kier molecular flexibility index (Phi) is 5.25. The van der Waals surface area contributed by atoms with Gasteiger partial charge in [-0.05, 0) is 30.3 Å². The zero-order valence-electron chi connectivity index (χ0n) is 15.6. The molecule has 1 aromatic heterocycles. The molecule has 2 heterocycles. The van der Waals surface area contributed by atoms with E-state index in [4.69, 9.17) is 0 Å². The van der Waals surface area contributed by atoms with Gasteiger partial charge in [0.05, 0.1) is 12.2 Å². The predicted molar refractivity (Wildman–Crippen MR) is 110 cm³/mol. The third-order valence-electron chi connectivity index (χ3n) is 4.50. The number of rotatable bonds is 4. The van der Waals surface area contributed by atoms with E-state index in [1.807, 2.05) is 54.6 Å². The van der Waals surface area contributed by atoms with Crippen molar-refractivity contribution in [2.45, 2.75) is 0 Å². The molecule has 1 saturated heterocycles. The van der Waals surface area contributed by atoms with E-state index in [1.54, 1.807) is 11.0 Å². The summed E-state index contributed by atoms with van der Waals surface area (Å²) in [5.74, 6) is 5.67. The second-order valence-corrected chi connectivity index (χ2v) is 6.45. The first kappa shape index (κ1) is 18.3. The van der Waals surface area contributed by atoms with Crippen molar-refractivity contribution < 1.29 is 9.59 Å². The van der Waals surface area contributed by atoms with Crippen LogP contribution in [0.15, 0.2) is 60.7 Å². The minimum atomic E-state index is -0.260. The number of anilines is 1. The van der Waals surface area contributed by atoms with Crippen molar-refractivity contribution in [3.8, 4) is 23.1 Å². The number of urea groups is 1. The third-order valence-corrected chi connectivity index (χ3v) is 4.50. The number of carbonyl (C=O) groups excluding carboxylic acids is 2. The molecule has 144 valence electrons. The van der Waals surface area contributed by atoms with Crippen molar-refractivity contribution in [2.75, 3.05) is 24.5 Å². The molecule has 3 amide bonds. The van der Waals surface area contributed by atoms with Crippen LogP contribution in [0.2, 0.25) is 0 Å². The van der Waals surface area contributed by atoms with Gasteiger partial charge in [0.15, 0.2) is 0 Å². The average molecular weight is 385 g/mol. The third kappa shape index (κ3) is 4.28. The van der Waals surface area contributed by atoms with E-state index in [1.165, 1.54) is 0 Å². The van der Waals surface area contributed by atoms with E-state index < -0.39 is 0 Å². The summed E-state index contributed by atoms with van der Waals surface area (Å²) in [6.45, 7) is 1.54. The Morgan fingerprint density at radius 2 is 1.93 bits per heavy atom. The Hall–Kier alpha value is -4.05. The quantitative estimate of drug-likeness (QED) is 0.603. The van der Waals surface area contributed by atoms with Crippen molar-refractivity contribution >= 4 is 17.6 Å². The molecule has 4 rings (SSSR count). The first-order valence-electron chi connectivity index (χ1n) is 9.24. The van der Waals surface area contributed by atoms with Gasteiger partial charge in [0.1, 0.15) is 5.69 Å². The molecule has 3 N–H and O–H groups in total. The fraction of sp³-hybridized carbons (Fsp3) is 0.136. The number of nitrogens with zero attached hydrogens (tertiary/aromatic N) is 2. The van der Waals surface area contributed by atoms with Crippen LogP contribution in [-0.2, 0) is 0 Å². The monoisotopic (exact) mass is 385 g/mol. The van der Waals surface area contributed by atoms with Crippen molar-refractivity contribution in [1.82, 2.24) is 20.8 Å². The van der Waals surface area contributed by atoms with Crippen LogP contribution in [0.5, 0.6) is 0 Å². The molecule has 0 spiro atoms. The number of H-pyrrole nitrogens is 1. The summed E-state index contributed by atoms with van der Waals surface area (Å²) in [6, 6.07) is 18.7. The van der Waals surface area contributed by atoms with Crippen molar-refractivity contribution in [1.29, 1.82) is 0 Å². The molecule has 0 aliphatic carbocycles. The molecule has 1 fully saturated rings. The average Bonchev–Trinajstić information content (AvgIpc) is 3.42. The lowest BCUT2D eigenvalue weighted by molar-refractivity contribution is 0.0953. The van der Waals surface area contributed by atoms with Crippen molar-refractivity contribution in [3.05, 3.63) is 71.9 Å². The molecule has 0 saturated carbocycles. The Balaban J connectivity index is 1.31. The van der Waals surface area contributed by atoms with Crippen LogP contribution < -0.4 is 15.5 Å². The zero-order valence-corrected chi connectivity index (χ0v) is 15.6. The standard InChI is InChI=1S/C22H19N5O2/c28-21(20-15-19(25-26-20)17-6-2-1-3-7-17)23-12-4-5-16-8-10-18(11-9-16)27-14-13-24-22(27)29/h1-3,6-11,15H,12-14H2,(H,23,28)(H,24,29)(H,25,26). The van der Waals surface area contributed by atoms with Crippen LogP contribution in [0.4, 0.5) is 10.5 Å². The van der Waals surface area contributed by atoms with Crippen LogP contribution >= 0.6 is 0 Å².